The van der Waals surface area contributed by atoms with E-state index in [0.717, 1.165) is 39.4 Å². The fraction of sp³-hybridized carbons (Fsp3) is 0.524. The summed E-state index contributed by atoms with van der Waals surface area (Å²) in [6, 6.07) is 4.17. The van der Waals surface area contributed by atoms with Gasteiger partial charge in [-0.3, -0.25) is 0 Å². The summed E-state index contributed by atoms with van der Waals surface area (Å²) in [5, 5.41) is 1.03. The predicted molar refractivity (Wildman–Crippen MR) is 135 cm³/mol. The lowest BCUT2D eigenvalue weighted by Gasteiger charge is -2.34. The predicted octanol–water partition coefficient (Wildman–Crippen LogP) is 1.85. The standard InChI is InChI=1S/C21H27N7O3S2.H3N/c1-14-12-16(13-17-18(14)22-15(2)32-17)19-23-20(25-21(24-19)27-8-10-31-11-9-27)26-4-6-28(7-5-26)33(3,29)30;/h12-13H,4-11H2,1-3H3;1H3. The number of hydrogen-bond acceptors (Lipinski definition) is 11. The Morgan fingerprint density at radius 3 is 2.12 bits per heavy atom. The number of sulfonamides is 1. The molecule has 5 rings (SSSR count). The SMILES string of the molecule is Cc1nc2c(C)cc(-c3nc(N4CCOCC4)nc(N4CCN(S(C)(=O)=O)CC4)n3)cc2s1.N. The minimum Gasteiger partial charge on any atom is -0.378 e. The van der Waals surface area contributed by atoms with Gasteiger partial charge in [0.2, 0.25) is 21.9 Å². The highest BCUT2D eigenvalue weighted by molar-refractivity contribution is 7.88. The fourth-order valence-electron chi connectivity index (χ4n) is 4.19. The summed E-state index contributed by atoms with van der Waals surface area (Å²) in [5.74, 6) is 1.82. The summed E-state index contributed by atoms with van der Waals surface area (Å²) >= 11 is 1.66. The van der Waals surface area contributed by atoms with Crippen LogP contribution in [0.15, 0.2) is 12.1 Å². The van der Waals surface area contributed by atoms with E-state index in [4.69, 9.17) is 19.7 Å². The number of aromatic nitrogens is 4. The number of rotatable bonds is 4. The zero-order valence-corrected chi connectivity index (χ0v) is 21.3. The molecular formula is C21H30N8O3S2. The molecule has 0 saturated carbocycles. The first-order chi connectivity index (χ1) is 15.8. The van der Waals surface area contributed by atoms with Crippen LogP contribution in [0.25, 0.3) is 21.6 Å². The fourth-order valence-corrected chi connectivity index (χ4v) is 5.96. The number of piperazine rings is 1. The molecule has 184 valence electrons. The first kappa shape index (κ1) is 24.7. The number of hydrogen-bond donors (Lipinski definition) is 1. The first-order valence-electron chi connectivity index (χ1n) is 10.9. The molecule has 4 heterocycles. The second-order valence-corrected chi connectivity index (χ2v) is 11.6. The lowest BCUT2D eigenvalue weighted by atomic mass is 10.1. The van der Waals surface area contributed by atoms with Crippen molar-refractivity contribution < 1.29 is 13.2 Å². The summed E-state index contributed by atoms with van der Waals surface area (Å²) in [6.07, 6.45) is 1.25. The molecule has 2 aliphatic heterocycles. The van der Waals surface area contributed by atoms with E-state index in [1.165, 1.54) is 10.6 Å². The number of ether oxygens (including phenoxy) is 1. The maximum atomic E-state index is 11.9. The summed E-state index contributed by atoms with van der Waals surface area (Å²) in [7, 11) is -3.20. The molecule has 3 N–H and O–H groups in total. The van der Waals surface area contributed by atoms with Crippen LogP contribution in [0, 0.1) is 13.8 Å². The topological polar surface area (TPSA) is 140 Å². The van der Waals surface area contributed by atoms with Crippen molar-refractivity contribution in [2.75, 3.05) is 68.5 Å². The lowest BCUT2D eigenvalue weighted by molar-refractivity contribution is 0.122. The zero-order valence-electron chi connectivity index (χ0n) is 19.7. The molecule has 2 saturated heterocycles. The van der Waals surface area contributed by atoms with E-state index in [2.05, 4.69) is 28.9 Å². The van der Waals surface area contributed by atoms with E-state index in [1.807, 2.05) is 11.8 Å². The Morgan fingerprint density at radius 1 is 0.882 bits per heavy atom. The van der Waals surface area contributed by atoms with Gasteiger partial charge >= 0.3 is 0 Å². The molecule has 11 nitrogen and oxygen atoms in total. The zero-order chi connectivity index (χ0) is 23.2. The molecular weight excluding hydrogens is 476 g/mol. The molecule has 0 atom stereocenters. The average molecular weight is 507 g/mol. The highest BCUT2D eigenvalue weighted by Crippen LogP contribution is 2.31. The molecule has 0 bridgehead atoms. The summed E-state index contributed by atoms with van der Waals surface area (Å²) in [4.78, 5) is 23.2. The number of benzene rings is 1. The van der Waals surface area contributed by atoms with E-state index in [9.17, 15) is 8.42 Å². The van der Waals surface area contributed by atoms with Crippen molar-refractivity contribution in [2.45, 2.75) is 13.8 Å². The van der Waals surface area contributed by atoms with Gasteiger partial charge in [0.25, 0.3) is 0 Å². The highest BCUT2D eigenvalue weighted by Gasteiger charge is 2.26. The Morgan fingerprint density at radius 2 is 1.50 bits per heavy atom. The van der Waals surface area contributed by atoms with Crippen LogP contribution in [0.1, 0.15) is 10.6 Å². The Kier molecular flexibility index (Phi) is 7.01. The van der Waals surface area contributed by atoms with E-state index >= 15 is 0 Å². The molecule has 13 heteroatoms. The third-order valence-corrected chi connectivity index (χ3v) is 8.17. The van der Waals surface area contributed by atoms with Crippen molar-refractivity contribution in [2.24, 2.45) is 0 Å². The number of nitrogens with zero attached hydrogens (tertiary/aromatic N) is 7. The van der Waals surface area contributed by atoms with Crippen LogP contribution < -0.4 is 16.0 Å². The minimum atomic E-state index is -3.20. The van der Waals surface area contributed by atoms with Crippen LogP contribution in [0.3, 0.4) is 0 Å². The summed E-state index contributed by atoms with van der Waals surface area (Å²) in [5.41, 5.74) is 3.03. The first-order valence-corrected chi connectivity index (χ1v) is 13.6. The molecule has 0 spiro atoms. The Labute approximate surface area is 203 Å². The van der Waals surface area contributed by atoms with Gasteiger partial charge in [0.05, 0.1) is 34.7 Å². The average Bonchev–Trinajstić information content (AvgIpc) is 3.20. The van der Waals surface area contributed by atoms with Gasteiger partial charge in [-0.1, -0.05) is 0 Å². The second-order valence-electron chi connectivity index (χ2n) is 8.38. The van der Waals surface area contributed by atoms with E-state index in [0.29, 0.717) is 57.1 Å². The van der Waals surface area contributed by atoms with Gasteiger partial charge in [0.1, 0.15) is 0 Å². The van der Waals surface area contributed by atoms with Crippen LogP contribution in [0.4, 0.5) is 11.9 Å². The number of anilines is 2. The molecule has 0 unspecified atom stereocenters. The maximum absolute atomic E-state index is 11.9. The van der Waals surface area contributed by atoms with Gasteiger partial charge in [-0.15, -0.1) is 11.3 Å². The van der Waals surface area contributed by atoms with Crippen molar-refractivity contribution in [1.29, 1.82) is 0 Å². The summed E-state index contributed by atoms with van der Waals surface area (Å²) < 4.78 is 31.9. The molecule has 34 heavy (non-hydrogen) atoms. The van der Waals surface area contributed by atoms with E-state index in [1.54, 1.807) is 11.3 Å². The van der Waals surface area contributed by atoms with Gasteiger partial charge in [-0.25, -0.2) is 13.4 Å². The second kappa shape index (κ2) is 9.66. The van der Waals surface area contributed by atoms with Crippen LogP contribution in [-0.4, -0.2) is 91.4 Å². The van der Waals surface area contributed by atoms with Gasteiger partial charge in [0, 0.05) is 44.8 Å². The Hall–Kier alpha value is -2.45. The van der Waals surface area contributed by atoms with Crippen LogP contribution in [0.2, 0.25) is 0 Å². The van der Waals surface area contributed by atoms with Crippen LogP contribution >= 0.6 is 11.3 Å². The largest absolute Gasteiger partial charge is 0.378 e. The molecule has 1 aromatic carbocycles. The van der Waals surface area contributed by atoms with Gasteiger partial charge in [-0.2, -0.15) is 19.3 Å². The smallest absolute Gasteiger partial charge is 0.230 e. The maximum Gasteiger partial charge on any atom is 0.230 e. The van der Waals surface area contributed by atoms with E-state index < -0.39 is 10.0 Å². The van der Waals surface area contributed by atoms with Gasteiger partial charge in [-0.05, 0) is 31.5 Å². The van der Waals surface area contributed by atoms with Crippen molar-refractivity contribution in [1.82, 2.24) is 30.4 Å². The quantitative estimate of drug-likeness (QED) is 0.557. The monoisotopic (exact) mass is 506 g/mol. The van der Waals surface area contributed by atoms with Crippen molar-refractivity contribution in [3.63, 3.8) is 0 Å². The molecule has 2 fully saturated rings. The Bertz CT molecular complexity index is 1280. The van der Waals surface area contributed by atoms with Crippen molar-refractivity contribution >= 4 is 43.5 Å². The molecule has 2 aromatic heterocycles. The summed E-state index contributed by atoms with van der Waals surface area (Å²) in [6.45, 7) is 8.67. The van der Waals surface area contributed by atoms with Crippen molar-refractivity contribution in [3.8, 4) is 11.4 Å². The highest BCUT2D eigenvalue weighted by atomic mass is 32.2. The van der Waals surface area contributed by atoms with E-state index in [-0.39, 0.29) is 6.15 Å². The number of aryl methyl sites for hydroxylation is 2. The lowest BCUT2D eigenvalue weighted by Crippen LogP contribution is -2.49. The molecule has 2 aliphatic rings. The van der Waals surface area contributed by atoms with Crippen LogP contribution in [-0.2, 0) is 14.8 Å². The molecule has 3 aromatic rings. The van der Waals surface area contributed by atoms with Crippen molar-refractivity contribution in [3.05, 3.63) is 22.7 Å². The van der Waals surface area contributed by atoms with Gasteiger partial charge in [0.15, 0.2) is 5.82 Å². The number of morpholine rings is 1. The minimum absolute atomic E-state index is 0. The molecule has 0 radical (unpaired) electrons. The molecule has 0 aliphatic carbocycles. The number of fused-ring (bicyclic) bond motifs is 1. The molecule has 0 amide bonds. The number of thiazole rings is 1. The normalized spacial score (nSPS) is 17.7. The van der Waals surface area contributed by atoms with Crippen LogP contribution in [0.5, 0.6) is 0 Å². The third-order valence-electron chi connectivity index (χ3n) is 5.95. The third kappa shape index (κ3) is 4.98. The van der Waals surface area contributed by atoms with Gasteiger partial charge < -0.3 is 20.7 Å². The Balaban J connectivity index is 0.00000274.